The van der Waals surface area contributed by atoms with Gasteiger partial charge in [-0.2, -0.15) is 8.42 Å². The van der Waals surface area contributed by atoms with Gasteiger partial charge in [-0.3, -0.25) is 9.35 Å². The molecule has 4 atom stereocenters. The van der Waals surface area contributed by atoms with Gasteiger partial charge in [0.15, 0.2) is 5.79 Å². The molecule has 0 aromatic heterocycles. The molecule has 0 aromatic rings. The highest BCUT2D eigenvalue weighted by Gasteiger charge is 2.53. The SMILES string of the molecule is C[C@]12CC[C@@H]3C(=CCC4=C3CC[C@](O)(OS(=O)(=O)O)C4)C1CCC2=O. The van der Waals surface area contributed by atoms with Crippen LogP contribution in [0.3, 0.4) is 0 Å². The molecule has 0 saturated heterocycles. The molecule has 0 aromatic carbocycles. The molecule has 4 rings (SSSR count). The van der Waals surface area contributed by atoms with Crippen molar-refractivity contribution in [1.29, 1.82) is 0 Å². The molecule has 4 aliphatic carbocycles. The van der Waals surface area contributed by atoms with Crippen molar-refractivity contribution < 1.29 is 27.1 Å². The van der Waals surface area contributed by atoms with E-state index in [2.05, 4.69) is 17.2 Å². The molecule has 4 aliphatic rings. The molecule has 1 unspecified atom stereocenters. The van der Waals surface area contributed by atoms with E-state index >= 15 is 0 Å². The van der Waals surface area contributed by atoms with Gasteiger partial charge in [0.25, 0.3) is 0 Å². The van der Waals surface area contributed by atoms with Crippen LogP contribution in [0.15, 0.2) is 22.8 Å². The molecular weight excluding hydrogens is 344 g/mol. The normalized spacial score (nSPS) is 41.1. The minimum atomic E-state index is -4.69. The first-order valence-corrected chi connectivity index (χ1v) is 10.3. The second-order valence-corrected chi connectivity index (χ2v) is 9.22. The highest BCUT2D eigenvalue weighted by molar-refractivity contribution is 7.80. The summed E-state index contributed by atoms with van der Waals surface area (Å²) in [6.45, 7) is 2.10. The first kappa shape index (κ1) is 17.4. The van der Waals surface area contributed by atoms with Gasteiger partial charge in [0.2, 0.25) is 0 Å². The van der Waals surface area contributed by atoms with Crippen LogP contribution in [0.1, 0.15) is 58.3 Å². The molecule has 0 heterocycles. The van der Waals surface area contributed by atoms with Crippen molar-refractivity contribution >= 4 is 16.2 Å². The number of Topliss-reactive ketones (excluding diaryl/α,β-unsaturated/α-hetero) is 1. The van der Waals surface area contributed by atoms with Crippen molar-refractivity contribution in [3.63, 3.8) is 0 Å². The molecule has 0 radical (unpaired) electrons. The molecule has 7 heteroatoms. The van der Waals surface area contributed by atoms with Gasteiger partial charge in [0.05, 0.1) is 0 Å². The molecule has 25 heavy (non-hydrogen) atoms. The summed E-state index contributed by atoms with van der Waals surface area (Å²) in [5.74, 6) is -0.841. The molecule has 0 amide bonds. The third-order valence-corrected chi connectivity index (χ3v) is 7.34. The monoisotopic (exact) mass is 368 g/mol. The zero-order chi connectivity index (χ0) is 18.0. The maximum absolute atomic E-state index is 12.3. The van der Waals surface area contributed by atoms with Crippen LogP contribution in [0.5, 0.6) is 0 Å². The van der Waals surface area contributed by atoms with Crippen LogP contribution in [-0.4, -0.2) is 29.6 Å². The third kappa shape index (κ3) is 2.81. The fourth-order valence-electron chi connectivity index (χ4n) is 5.61. The van der Waals surface area contributed by atoms with Crippen molar-refractivity contribution in [1.82, 2.24) is 0 Å². The summed E-state index contributed by atoms with van der Waals surface area (Å²) in [6, 6.07) is 0. The van der Waals surface area contributed by atoms with E-state index < -0.39 is 16.2 Å². The number of allylic oxidation sites excluding steroid dienone is 3. The van der Waals surface area contributed by atoms with Crippen LogP contribution in [0.4, 0.5) is 0 Å². The van der Waals surface area contributed by atoms with Crippen LogP contribution >= 0.6 is 0 Å². The van der Waals surface area contributed by atoms with Gasteiger partial charge in [-0.15, -0.1) is 0 Å². The Morgan fingerprint density at radius 2 is 2.00 bits per heavy atom. The van der Waals surface area contributed by atoms with Gasteiger partial charge >= 0.3 is 10.4 Å². The maximum atomic E-state index is 12.3. The van der Waals surface area contributed by atoms with Crippen LogP contribution in [-0.2, 0) is 19.4 Å². The van der Waals surface area contributed by atoms with Gasteiger partial charge in [-0.1, -0.05) is 29.7 Å². The quantitative estimate of drug-likeness (QED) is 0.441. The number of carbonyl (C=O) groups excluding carboxylic acids is 1. The number of rotatable bonds is 2. The van der Waals surface area contributed by atoms with E-state index in [0.717, 1.165) is 24.8 Å². The number of ketones is 1. The van der Waals surface area contributed by atoms with E-state index in [4.69, 9.17) is 4.55 Å². The molecule has 2 fully saturated rings. The molecule has 0 spiro atoms. The maximum Gasteiger partial charge on any atom is 0.400 e. The third-order valence-electron chi connectivity index (χ3n) is 6.82. The minimum Gasteiger partial charge on any atom is -0.364 e. The predicted molar refractivity (Wildman–Crippen MR) is 89.7 cm³/mol. The topological polar surface area (TPSA) is 101 Å². The van der Waals surface area contributed by atoms with Gasteiger partial charge in [-0.05, 0) is 38.0 Å². The predicted octanol–water partition coefficient (Wildman–Crippen LogP) is 2.70. The zero-order valence-corrected chi connectivity index (χ0v) is 15.1. The van der Waals surface area contributed by atoms with Crippen LogP contribution in [0.2, 0.25) is 0 Å². The summed E-state index contributed by atoms with van der Waals surface area (Å²) in [7, 11) is -4.69. The van der Waals surface area contributed by atoms with Crippen molar-refractivity contribution in [2.24, 2.45) is 17.3 Å². The second kappa shape index (κ2) is 5.49. The summed E-state index contributed by atoms with van der Waals surface area (Å²) >= 11 is 0. The fourth-order valence-corrected chi connectivity index (χ4v) is 6.14. The fraction of sp³-hybridized carbons (Fsp3) is 0.722. The lowest BCUT2D eigenvalue weighted by Crippen LogP contribution is -2.42. The summed E-state index contributed by atoms with van der Waals surface area (Å²) < 4.78 is 35.4. The highest BCUT2D eigenvalue weighted by atomic mass is 32.3. The minimum absolute atomic E-state index is 0.100. The van der Waals surface area contributed by atoms with Gasteiger partial charge in [-0.25, -0.2) is 4.18 Å². The summed E-state index contributed by atoms with van der Waals surface area (Å²) in [5, 5.41) is 10.4. The second-order valence-electron chi connectivity index (χ2n) is 8.19. The Labute approximate surface area is 147 Å². The van der Waals surface area contributed by atoms with E-state index in [9.17, 15) is 18.3 Å². The van der Waals surface area contributed by atoms with Crippen molar-refractivity contribution in [2.45, 2.75) is 64.1 Å². The number of fused-ring (bicyclic) bond motifs is 4. The lowest BCUT2D eigenvalue weighted by molar-refractivity contribution is -0.146. The smallest absolute Gasteiger partial charge is 0.364 e. The number of carbonyl (C=O) groups is 1. The van der Waals surface area contributed by atoms with Gasteiger partial charge in [0, 0.05) is 30.6 Å². The van der Waals surface area contributed by atoms with Gasteiger partial charge < -0.3 is 5.11 Å². The molecule has 0 aliphatic heterocycles. The van der Waals surface area contributed by atoms with E-state index in [1.807, 2.05) is 0 Å². The van der Waals surface area contributed by atoms with Crippen LogP contribution < -0.4 is 0 Å². The van der Waals surface area contributed by atoms with Gasteiger partial charge in [0.1, 0.15) is 5.78 Å². The van der Waals surface area contributed by atoms with Crippen molar-refractivity contribution in [3.8, 4) is 0 Å². The Morgan fingerprint density at radius 3 is 2.72 bits per heavy atom. The standard InChI is InChI=1S/C18H24O6S/c1-17-8-6-13-12-7-9-18(20,24-25(21,22)23)10-11(12)2-3-14(13)15(17)4-5-16(17)19/h3,13,15,20H,2,4-10H2,1H3,(H,21,22,23)/t13-,15?,17-,18-/m0/s1. The average Bonchev–Trinajstić information content (AvgIpc) is 2.80. The summed E-state index contributed by atoms with van der Waals surface area (Å²) in [4.78, 5) is 12.3. The van der Waals surface area contributed by atoms with E-state index in [0.29, 0.717) is 36.9 Å². The van der Waals surface area contributed by atoms with Crippen molar-refractivity contribution in [3.05, 3.63) is 22.8 Å². The van der Waals surface area contributed by atoms with E-state index in [1.165, 1.54) is 11.1 Å². The summed E-state index contributed by atoms with van der Waals surface area (Å²) in [5.41, 5.74) is 3.45. The Morgan fingerprint density at radius 1 is 1.24 bits per heavy atom. The highest BCUT2D eigenvalue weighted by Crippen LogP contribution is 2.58. The van der Waals surface area contributed by atoms with Crippen LogP contribution in [0.25, 0.3) is 0 Å². The molecule has 0 bridgehead atoms. The number of hydrogen-bond acceptors (Lipinski definition) is 5. The molecule has 138 valence electrons. The molecule has 6 nitrogen and oxygen atoms in total. The number of aliphatic hydroxyl groups is 1. The molecule has 2 saturated carbocycles. The lowest BCUT2D eigenvalue weighted by atomic mass is 9.58. The zero-order valence-electron chi connectivity index (χ0n) is 14.3. The molecule has 2 N–H and O–H groups in total. The Kier molecular flexibility index (Phi) is 3.82. The number of hydrogen-bond donors (Lipinski definition) is 2. The molecular formula is C18H24O6S. The average molecular weight is 368 g/mol. The van der Waals surface area contributed by atoms with Crippen molar-refractivity contribution in [2.75, 3.05) is 0 Å². The van der Waals surface area contributed by atoms with E-state index in [-0.39, 0.29) is 18.3 Å². The lowest BCUT2D eigenvalue weighted by Gasteiger charge is -2.46. The first-order valence-electron chi connectivity index (χ1n) is 8.96. The Bertz CT molecular complexity index is 794. The van der Waals surface area contributed by atoms with E-state index in [1.54, 1.807) is 0 Å². The summed E-state index contributed by atoms with van der Waals surface area (Å²) in [6.07, 6.45) is 7.06. The van der Waals surface area contributed by atoms with Crippen LogP contribution in [0, 0.1) is 17.3 Å². The Hall–Kier alpha value is -1.02. The Balaban J connectivity index is 1.60. The first-order chi connectivity index (χ1) is 11.6. The largest absolute Gasteiger partial charge is 0.400 e.